The molecule has 3 unspecified atom stereocenters. The first-order chi connectivity index (χ1) is 8.33. The highest BCUT2D eigenvalue weighted by atomic mass is 14.9. The Morgan fingerprint density at radius 3 is 2.53 bits per heavy atom. The summed E-state index contributed by atoms with van der Waals surface area (Å²) in [5, 5.41) is 3.78. The molecule has 0 spiro atoms. The van der Waals surface area contributed by atoms with Crippen LogP contribution in [0.1, 0.15) is 71.6 Å². The quantitative estimate of drug-likeness (QED) is 0.693. The zero-order chi connectivity index (χ0) is 12.1. The molecule has 1 N–H and O–H groups in total. The van der Waals surface area contributed by atoms with Crippen molar-refractivity contribution in [2.24, 2.45) is 17.8 Å². The minimum Gasteiger partial charge on any atom is -0.314 e. The molecule has 0 aromatic rings. The Labute approximate surface area is 108 Å². The van der Waals surface area contributed by atoms with Crippen molar-refractivity contribution in [1.29, 1.82) is 0 Å². The average Bonchev–Trinajstić information content (AvgIpc) is 3.18. The van der Waals surface area contributed by atoms with Crippen LogP contribution in [0.25, 0.3) is 0 Å². The van der Waals surface area contributed by atoms with Crippen LogP contribution in [0.15, 0.2) is 0 Å². The van der Waals surface area contributed by atoms with Crippen LogP contribution in [-0.4, -0.2) is 12.6 Å². The fraction of sp³-hybridized carbons (Fsp3) is 1.00. The molecule has 2 saturated carbocycles. The molecule has 2 fully saturated rings. The maximum atomic E-state index is 3.78. The third-order valence-electron chi connectivity index (χ3n) is 5.02. The lowest BCUT2D eigenvalue weighted by Gasteiger charge is -2.35. The van der Waals surface area contributed by atoms with Gasteiger partial charge >= 0.3 is 0 Å². The lowest BCUT2D eigenvalue weighted by Crippen LogP contribution is -2.38. The van der Waals surface area contributed by atoms with Gasteiger partial charge in [0, 0.05) is 6.04 Å². The third kappa shape index (κ3) is 4.28. The topological polar surface area (TPSA) is 12.0 Å². The van der Waals surface area contributed by atoms with Gasteiger partial charge in [-0.3, -0.25) is 0 Å². The number of rotatable bonds is 7. The fourth-order valence-corrected chi connectivity index (χ4v) is 3.66. The van der Waals surface area contributed by atoms with Crippen LogP contribution in [0, 0.1) is 17.8 Å². The number of hydrogen-bond acceptors (Lipinski definition) is 1. The molecule has 1 heteroatoms. The minimum absolute atomic E-state index is 0.829. The molecule has 0 amide bonds. The maximum Gasteiger partial charge on any atom is 0.00954 e. The van der Waals surface area contributed by atoms with E-state index in [2.05, 4.69) is 19.2 Å². The van der Waals surface area contributed by atoms with Crippen LogP contribution in [-0.2, 0) is 0 Å². The van der Waals surface area contributed by atoms with Crippen molar-refractivity contribution >= 4 is 0 Å². The van der Waals surface area contributed by atoms with Gasteiger partial charge in [0.05, 0.1) is 0 Å². The van der Waals surface area contributed by atoms with E-state index in [1.165, 1.54) is 57.8 Å². The van der Waals surface area contributed by atoms with Crippen LogP contribution < -0.4 is 5.32 Å². The molecule has 0 heterocycles. The summed E-state index contributed by atoms with van der Waals surface area (Å²) in [5.74, 6) is 3.10. The smallest absolute Gasteiger partial charge is 0.00954 e. The van der Waals surface area contributed by atoms with Gasteiger partial charge in [-0.2, -0.15) is 0 Å². The average molecular weight is 237 g/mol. The van der Waals surface area contributed by atoms with Crippen molar-refractivity contribution in [1.82, 2.24) is 5.32 Å². The van der Waals surface area contributed by atoms with Crippen LogP contribution in [0.3, 0.4) is 0 Å². The molecule has 0 saturated heterocycles. The van der Waals surface area contributed by atoms with Gasteiger partial charge in [0.2, 0.25) is 0 Å². The zero-order valence-electron chi connectivity index (χ0n) is 11.9. The van der Waals surface area contributed by atoms with Crippen LogP contribution in [0.2, 0.25) is 0 Å². The fourth-order valence-electron chi connectivity index (χ4n) is 3.66. The lowest BCUT2D eigenvalue weighted by atomic mass is 9.75. The van der Waals surface area contributed by atoms with Crippen molar-refractivity contribution in [3.05, 3.63) is 0 Å². The minimum atomic E-state index is 0.829. The van der Waals surface area contributed by atoms with E-state index >= 15 is 0 Å². The SMILES string of the molecule is CCNC(CCC1CC1)C1CCCC(CC)C1. The molecule has 1 nitrogen and oxygen atoms in total. The predicted octanol–water partition coefficient (Wildman–Crippen LogP) is 4.37. The maximum absolute atomic E-state index is 3.78. The van der Waals surface area contributed by atoms with Gasteiger partial charge in [-0.25, -0.2) is 0 Å². The summed E-state index contributed by atoms with van der Waals surface area (Å²) >= 11 is 0. The van der Waals surface area contributed by atoms with Crippen molar-refractivity contribution in [2.45, 2.75) is 77.7 Å². The summed E-state index contributed by atoms with van der Waals surface area (Å²) in [4.78, 5) is 0. The molecule has 100 valence electrons. The predicted molar refractivity (Wildman–Crippen MR) is 75.2 cm³/mol. The third-order valence-corrected chi connectivity index (χ3v) is 5.02. The first-order valence-corrected chi connectivity index (χ1v) is 8.06. The first kappa shape index (κ1) is 13.4. The van der Waals surface area contributed by atoms with Gasteiger partial charge in [-0.1, -0.05) is 46.0 Å². The Morgan fingerprint density at radius 1 is 1.06 bits per heavy atom. The summed E-state index contributed by atoms with van der Waals surface area (Å²) in [6.45, 7) is 5.80. The molecule has 0 aromatic carbocycles. The summed E-state index contributed by atoms with van der Waals surface area (Å²) in [6.07, 6.45) is 13.3. The van der Waals surface area contributed by atoms with E-state index in [1.807, 2.05) is 0 Å². The molecule has 2 aliphatic carbocycles. The Balaban J connectivity index is 1.79. The molecule has 17 heavy (non-hydrogen) atoms. The van der Waals surface area contributed by atoms with E-state index in [-0.39, 0.29) is 0 Å². The molecular formula is C16H31N. The normalized spacial score (nSPS) is 31.4. The second-order valence-corrected chi connectivity index (χ2v) is 6.39. The molecule has 2 rings (SSSR count). The summed E-state index contributed by atoms with van der Waals surface area (Å²) in [6, 6.07) is 0.829. The molecular weight excluding hydrogens is 206 g/mol. The van der Waals surface area contributed by atoms with E-state index in [0.717, 1.165) is 30.3 Å². The highest BCUT2D eigenvalue weighted by Gasteiger charge is 2.29. The van der Waals surface area contributed by atoms with E-state index in [1.54, 1.807) is 0 Å². The van der Waals surface area contributed by atoms with E-state index in [0.29, 0.717) is 0 Å². The molecule has 2 aliphatic rings. The summed E-state index contributed by atoms with van der Waals surface area (Å²) < 4.78 is 0. The Hall–Kier alpha value is -0.0400. The number of nitrogens with one attached hydrogen (secondary N) is 1. The van der Waals surface area contributed by atoms with Crippen molar-refractivity contribution in [3.8, 4) is 0 Å². The van der Waals surface area contributed by atoms with Crippen molar-refractivity contribution in [3.63, 3.8) is 0 Å². The lowest BCUT2D eigenvalue weighted by molar-refractivity contribution is 0.200. The molecule has 3 atom stereocenters. The second kappa shape index (κ2) is 6.78. The Morgan fingerprint density at radius 2 is 1.88 bits per heavy atom. The number of hydrogen-bond donors (Lipinski definition) is 1. The van der Waals surface area contributed by atoms with Gasteiger partial charge in [0.1, 0.15) is 0 Å². The molecule has 0 aromatic heterocycles. The Bertz CT molecular complexity index is 210. The summed E-state index contributed by atoms with van der Waals surface area (Å²) in [5.41, 5.74) is 0. The highest BCUT2D eigenvalue weighted by molar-refractivity contribution is 4.84. The van der Waals surface area contributed by atoms with Crippen LogP contribution >= 0.6 is 0 Å². The second-order valence-electron chi connectivity index (χ2n) is 6.39. The Kier molecular flexibility index (Phi) is 5.34. The molecule has 0 aliphatic heterocycles. The van der Waals surface area contributed by atoms with Crippen molar-refractivity contribution < 1.29 is 0 Å². The van der Waals surface area contributed by atoms with Crippen LogP contribution in [0.5, 0.6) is 0 Å². The van der Waals surface area contributed by atoms with Gasteiger partial charge in [0.15, 0.2) is 0 Å². The molecule has 0 radical (unpaired) electrons. The zero-order valence-corrected chi connectivity index (χ0v) is 11.9. The van der Waals surface area contributed by atoms with Crippen molar-refractivity contribution in [2.75, 3.05) is 6.54 Å². The van der Waals surface area contributed by atoms with Gasteiger partial charge < -0.3 is 5.32 Å². The van der Waals surface area contributed by atoms with E-state index in [4.69, 9.17) is 0 Å². The van der Waals surface area contributed by atoms with E-state index < -0.39 is 0 Å². The first-order valence-electron chi connectivity index (χ1n) is 8.06. The standard InChI is InChI=1S/C16H31N/c1-3-13-6-5-7-15(12-13)16(17-4-2)11-10-14-8-9-14/h13-17H,3-12H2,1-2H3. The summed E-state index contributed by atoms with van der Waals surface area (Å²) in [7, 11) is 0. The largest absolute Gasteiger partial charge is 0.314 e. The van der Waals surface area contributed by atoms with E-state index in [9.17, 15) is 0 Å². The van der Waals surface area contributed by atoms with Gasteiger partial charge in [0.25, 0.3) is 0 Å². The highest BCUT2D eigenvalue weighted by Crippen LogP contribution is 2.38. The molecule has 0 bridgehead atoms. The van der Waals surface area contributed by atoms with Gasteiger partial charge in [-0.15, -0.1) is 0 Å². The monoisotopic (exact) mass is 237 g/mol. The van der Waals surface area contributed by atoms with Crippen LogP contribution in [0.4, 0.5) is 0 Å². The van der Waals surface area contributed by atoms with Gasteiger partial charge in [-0.05, 0) is 50.0 Å².